The van der Waals surface area contributed by atoms with Crippen LogP contribution in [-0.2, 0) is 13.6 Å². The highest BCUT2D eigenvalue weighted by atomic mass is 35.5. The number of aromatic nitrogens is 2. The van der Waals surface area contributed by atoms with Crippen LogP contribution in [0.25, 0.3) is 0 Å². The first kappa shape index (κ1) is 19.8. The minimum Gasteiger partial charge on any atom is -0.355 e. The molecule has 1 amide bonds. The van der Waals surface area contributed by atoms with E-state index in [1.165, 1.54) is 0 Å². The molecule has 0 unspecified atom stereocenters. The summed E-state index contributed by atoms with van der Waals surface area (Å²) in [4.78, 5) is 16.3. The molecule has 0 aliphatic rings. The number of halogens is 1. The van der Waals surface area contributed by atoms with Crippen molar-refractivity contribution in [2.45, 2.75) is 20.4 Å². The molecular weight excluding hydrogens is 352 g/mol. The molecule has 1 heterocycles. The topological polar surface area (TPSA) is 83.3 Å². The van der Waals surface area contributed by atoms with E-state index in [1.807, 2.05) is 25.6 Å². The van der Waals surface area contributed by atoms with Gasteiger partial charge in [-0.2, -0.15) is 5.10 Å². The van der Waals surface area contributed by atoms with Gasteiger partial charge in [-0.15, -0.1) is 0 Å². The molecule has 0 bridgehead atoms. The SMILES string of the molecule is CN=C(NCCNC(=O)c1ccccc1Cl)NCc1c(C)nn(C)c1C. The molecule has 0 saturated carbocycles. The van der Waals surface area contributed by atoms with Crippen molar-refractivity contribution in [1.29, 1.82) is 0 Å². The van der Waals surface area contributed by atoms with Gasteiger partial charge >= 0.3 is 0 Å². The van der Waals surface area contributed by atoms with E-state index in [1.54, 1.807) is 31.3 Å². The molecule has 0 fully saturated rings. The van der Waals surface area contributed by atoms with Crippen molar-refractivity contribution in [2.75, 3.05) is 20.1 Å². The third kappa shape index (κ3) is 4.98. The second kappa shape index (κ2) is 9.24. The summed E-state index contributed by atoms with van der Waals surface area (Å²) in [6.45, 7) is 5.66. The fraction of sp³-hybridized carbons (Fsp3) is 0.389. The van der Waals surface area contributed by atoms with Crippen LogP contribution in [0.3, 0.4) is 0 Å². The molecule has 3 N–H and O–H groups in total. The Morgan fingerprint density at radius 2 is 1.88 bits per heavy atom. The smallest absolute Gasteiger partial charge is 0.252 e. The maximum absolute atomic E-state index is 12.1. The van der Waals surface area contributed by atoms with Gasteiger partial charge in [-0.25, -0.2) is 0 Å². The number of carbonyl (C=O) groups excluding carboxylic acids is 1. The number of hydrogen-bond acceptors (Lipinski definition) is 3. The first-order valence-electron chi connectivity index (χ1n) is 8.40. The first-order valence-corrected chi connectivity index (χ1v) is 8.78. The van der Waals surface area contributed by atoms with Gasteiger partial charge in [-0.05, 0) is 26.0 Å². The highest BCUT2D eigenvalue weighted by Crippen LogP contribution is 2.14. The molecule has 0 spiro atoms. The Hall–Kier alpha value is -2.54. The number of nitrogens with zero attached hydrogens (tertiary/aromatic N) is 3. The van der Waals surface area contributed by atoms with Gasteiger partial charge in [0.25, 0.3) is 5.91 Å². The fourth-order valence-electron chi connectivity index (χ4n) is 2.56. The number of amides is 1. The third-order valence-corrected chi connectivity index (χ3v) is 4.47. The van der Waals surface area contributed by atoms with Crippen molar-refractivity contribution >= 4 is 23.5 Å². The fourth-order valence-corrected chi connectivity index (χ4v) is 2.79. The summed E-state index contributed by atoms with van der Waals surface area (Å²) >= 11 is 6.02. The van der Waals surface area contributed by atoms with E-state index in [-0.39, 0.29) is 5.91 Å². The number of aliphatic imine (C=N–C) groups is 1. The molecular formula is C18H25ClN6O. The predicted octanol–water partition coefficient (Wildman–Crippen LogP) is 1.79. The van der Waals surface area contributed by atoms with Crippen LogP contribution in [0.1, 0.15) is 27.3 Å². The standard InChI is InChI=1S/C18H25ClN6O/c1-12-15(13(2)25(4)24-12)11-23-18(20-3)22-10-9-21-17(26)14-7-5-6-8-16(14)19/h5-8H,9-11H2,1-4H3,(H,21,26)(H2,20,22,23). The van der Waals surface area contributed by atoms with Crippen molar-refractivity contribution in [2.24, 2.45) is 12.0 Å². The zero-order chi connectivity index (χ0) is 19.1. The Morgan fingerprint density at radius 1 is 1.19 bits per heavy atom. The highest BCUT2D eigenvalue weighted by molar-refractivity contribution is 6.33. The monoisotopic (exact) mass is 376 g/mol. The molecule has 8 heteroatoms. The van der Waals surface area contributed by atoms with Crippen LogP contribution in [0.15, 0.2) is 29.3 Å². The zero-order valence-corrected chi connectivity index (χ0v) is 16.3. The van der Waals surface area contributed by atoms with Crippen molar-refractivity contribution in [3.63, 3.8) is 0 Å². The highest BCUT2D eigenvalue weighted by Gasteiger charge is 2.10. The molecule has 26 heavy (non-hydrogen) atoms. The summed E-state index contributed by atoms with van der Waals surface area (Å²) < 4.78 is 1.87. The summed E-state index contributed by atoms with van der Waals surface area (Å²) in [6, 6.07) is 6.97. The quantitative estimate of drug-likeness (QED) is 0.407. The van der Waals surface area contributed by atoms with Crippen LogP contribution in [0, 0.1) is 13.8 Å². The lowest BCUT2D eigenvalue weighted by Gasteiger charge is -2.13. The zero-order valence-electron chi connectivity index (χ0n) is 15.6. The van der Waals surface area contributed by atoms with Crippen molar-refractivity contribution in [3.8, 4) is 0 Å². The second-order valence-electron chi connectivity index (χ2n) is 5.86. The summed E-state index contributed by atoms with van der Waals surface area (Å²) in [5.41, 5.74) is 3.75. The maximum Gasteiger partial charge on any atom is 0.252 e. The van der Waals surface area contributed by atoms with Gasteiger partial charge < -0.3 is 16.0 Å². The predicted molar refractivity (Wildman–Crippen MR) is 105 cm³/mol. The van der Waals surface area contributed by atoms with E-state index in [0.29, 0.717) is 36.2 Å². The van der Waals surface area contributed by atoms with E-state index in [0.717, 1.165) is 17.0 Å². The Morgan fingerprint density at radius 3 is 2.50 bits per heavy atom. The van der Waals surface area contributed by atoms with Crippen LogP contribution in [0.5, 0.6) is 0 Å². The molecule has 2 rings (SSSR count). The van der Waals surface area contributed by atoms with E-state index in [4.69, 9.17) is 11.6 Å². The van der Waals surface area contributed by atoms with E-state index in [2.05, 4.69) is 26.0 Å². The number of rotatable bonds is 6. The Kier molecular flexibility index (Phi) is 7.03. The van der Waals surface area contributed by atoms with Crippen LogP contribution in [-0.4, -0.2) is 41.8 Å². The van der Waals surface area contributed by atoms with Crippen LogP contribution < -0.4 is 16.0 Å². The summed E-state index contributed by atoms with van der Waals surface area (Å²) in [7, 11) is 3.64. The van der Waals surface area contributed by atoms with E-state index < -0.39 is 0 Å². The van der Waals surface area contributed by atoms with Gasteiger partial charge in [0.15, 0.2) is 5.96 Å². The average Bonchev–Trinajstić information content (AvgIpc) is 2.86. The van der Waals surface area contributed by atoms with Crippen LogP contribution in [0.4, 0.5) is 0 Å². The average molecular weight is 377 g/mol. The lowest BCUT2D eigenvalue weighted by atomic mass is 10.2. The molecule has 1 aromatic heterocycles. The minimum absolute atomic E-state index is 0.193. The largest absolute Gasteiger partial charge is 0.355 e. The van der Waals surface area contributed by atoms with Crippen LogP contribution in [0.2, 0.25) is 5.02 Å². The minimum atomic E-state index is -0.193. The van der Waals surface area contributed by atoms with Crippen molar-refractivity contribution in [3.05, 3.63) is 51.8 Å². The summed E-state index contributed by atoms with van der Waals surface area (Å²) in [5, 5.41) is 14.1. The van der Waals surface area contributed by atoms with Crippen molar-refractivity contribution < 1.29 is 4.79 Å². The van der Waals surface area contributed by atoms with Gasteiger partial charge in [0, 0.05) is 45.0 Å². The molecule has 2 aromatic rings. The number of carbonyl (C=O) groups is 1. The second-order valence-corrected chi connectivity index (χ2v) is 6.27. The van der Waals surface area contributed by atoms with Gasteiger partial charge in [0.05, 0.1) is 16.3 Å². The Labute approximate surface area is 158 Å². The first-order chi connectivity index (χ1) is 12.4. The van der Waals surface area contributed by atoms with E-state index in [9.17, 15) is 4.79 Å². The number of nitrogens with one attached hydrogen (secondary N) is 3. The molecule has 0 saturated heterocycles. The number of hydrogen-bond donors (Lipinski definition) is 3. The maximum atomic E-state index is 12.1. The molecule has 0 atom stereocenters. The number of guanidine groups is 1. The Balaban J connectivity index is 1.77. The number of aryl methyl sites for hydroxylation is 2. The van der Waals surface area contributed by atoms with Gasteiger partial charge in [-0.1, -0.05) is 23.7 Å². The molecule has 140 valence electrons. The van der Waals surface area contributed by atoms with Crippen LogP contribution >= 0.6 is 11.6 Å². The molecule has 0 radical (unpaired) electrons. The number of benzene rings is 1. The summed E-state index contributed by atoms with van der Waals surface area (Å²) in [5.74, 6) is 0.474. The third-order valence-electron chi connectivity index (χ3n) is 4.14. The summed E-state index contributed by atoms with van der Waals surface area (Å²) in [6.07, 6.45) is 0. The molecule has 0 aliphatic carbocycles. The van der Waals surface area contributed by atoms with E-state index >= 15 is 0 Å². The van der Waals surface area contributed by atoms with Crippen molar-refractivity contribution in [1.82, 2.24) is 25.7 Å². The van der Waals surface area contributed by atoms with Gasteiger partial charge in [0.2, 0.25) is 0 Å². The van der Waals surface area contributed by atoms with Gasteiger partial charge in [0.1, 0.15) is 0 Å². The molecule has 1 aromatic carbocycles. The lowest BCUT2D eigenvalue weighted by Crippen LogP contribution is -2.41. The lowest BCUT2D eigenvalue weighted by molar-refractivity contribution is 0.0954. The molecule has 7 nitrogen and oxygen atoms in total. The Bertz CT molecular complexity index is 799. The van der Waals surface area contributed by atoms with Gasteiger partial charge in [-0.3, -0.25) is 14.5 Å². The normalized spacial score (nSPS) is 11.3. The molecule has 0 aliphatic heterocycles.